The predicted molar refractivity (Wildman–Crippen MR) is 106 cm³/mol. The number of methoxy groups -OCH3 is 1. The SMILES string of the molecule is COc1cccc(CCNc2nc(C)cc(Nc3cccc(C)c3)n2)c1. The first-order valence-electron chi connectivity index (χ1n) is 8.68. The van der Waals surface area contributed by atoms with Crippen LogP contribution in [0.2, 0.25) is 0 Å². The van der Waals surface area contributed by atoms with Crippen LogP contribution < -0.4 is 15.4 Å². The summed E-state index contributed by atoms with van der Waals surface area (Å²) in [5.41, 5.74) is 4.35. The van der Waals surface area contributed by atoms with Crippen LogP contribution in [0, 0.1) is 13.8 Å². The fourth-order valence-corrected chi connectivity index (χ4v) is 2.73. The molecule has 3 aromatic rings. The summed E-state index contributed by atoms with van der Waals surface area (Å²) < 4.78 is 5.26. The van der Waals surface area contributed by atoms with Gasteiger partial charge in [-0.1, -0.05) is 24.3 Å². The minimum absolute atomic E-state index is 0.628. The number of aryl methyl sites for hydroxylation is 2. The number of hydrogen-bond donors (Lipinski definition) is 2. The van der Waals surface area contributed by atoms with Gasteiger partial charge in [-0.25, -0.2) is 4.98 Å². The highest BCUT2D eigenvalue weighted by atomic mass is 16.5. The normalized spacial score (nSPS) is 10.4. The lowest BCUT2D eigenvalue weighted by Crippen LogP contribution is -2.09. The standard InChI is InChI=1S/C21H24N4O/c1-15-6-4-8-18(12-15)24-20-13-16(2)23-21(25-20)22-11-10-17-7-5-9-19(14-17)26-3/h4-9,12-14H,10-11H2,1-3H3,(H2,22,23,24,25). The number of anilines is 3. The molecule has 3 rings (SSSR count). The maximum Gasteiger partial charge on any atom is 0.224 e. The Bertz CT molecular complexity index is 879. The second kappa shape index (κ2) is 8.34. The van der Waals surface area contributed by atoms with Crippen molar-refractivity contribution in [3.05, 3.63) is 71.4 Å². The van der Waals surface area contributed by atoms with Crippen molar-refractivity contribution >= 4 is 17.5 Å². The molecule has 5 heteroatoms. The second-order valence-corrected chi connectivity index (χ2v) is 6.24. The molecule has 0 atom stereocenters. The van der Waals surface area contributed by atoms with E-state index >= 15 is 0 Å². The fourth-order valence-electron chi connectivity index (χ4n) is 2.73. The van der Waals surface area contributed by atoms with Crippen molar-refractivity contribution in [3.8, 4) is 5.75 Å². The monoisotopic (exact) mass is 348 g/mol. The molecule has 1 heterocycles. The molecule has 0 amide bonds. The van der Waals surface area contributed by atoms with Gasteiger partial charge in [0.25, 0.3) is 0 Å². The van der Waals surface area contributed by atoms with Crippen molar-refractivity contribution in [3.63, 3.8) is 0 Å². The van der Waals surface area contributed by atoms with E-state index in [4.69, 9.17) is 4.74 Å². The van der Waals surface area contributed by atoms with E-state index in [0.29, 0.717) is 5.95 Å². The van der Waals surface area contributed by atoms with Gasteiger partial charge in [0, 0.05) is 24.0 Å². The largest absolute Gasteiger partial charge is 0.497 e. The molecule has 0 aliphatic rings. The van der Waals surface area contributed by atoms with Gasteiger partial charge in [0.1, 0.15) is 11.6 Å². The van der Waals surface area contributed by atoms with Gasteiger partial charge in [-0.2, -0.15) is 4.98 Å². The Morgan fingerprint density at radius 2 is 1.81 bits per heavy atom. The highest BCUT2D eigenvalue weighted by Gasteiger charge is 2.04. The number of ether oxygens (including phenoxy) is 1. The minimum Gasteiger partial charge on any atom is -0.497 e. The summed E-state index contributed by atoms with van der Waals surface area (Å²) >= 11 is 0. The first kappa shape index (κ1) is 17.7. The van der Waals surface area contributed by atoms with Crippen LogP contribution in [0.4, 0.5) is 17.5 Å². The van der Waals surface area contributed by atoms with Crippen LogP contribution in [0.15, 0.2) is 54.6 Å². The molecule has 0 spiro atoms. The lowest BCUT2D eigenvalue weighted by atomic mass is 10.1. The molecule has 0 radical (unpaired) electrons. The molecule has 2 N–H and O–H groups in total. The van der Waals surface area contributed by atoms with Gasteiger partial charge < -0.3 is 15.4 Å². The van der Waals surface area contributed by atoms with Gasteiger partial charge in [0.15, 0.2) is 0 Å². The van der Waals surface area contributed by atoms with E-state index in [2.05, 4.69) is 45.7 Å². The molecule has 0 bridgehead atoms. The lowest BCUT2D eigenvalue weighted by molar-refractivity contribution is 0.414. The molecule has 0 fully saturated rings. The predicted octanol–water partition coefficient (Wildman–Crippen LogP) is 4.50. The van der Waals surface area contributed by atoms with Crippen LogP contribution in [0.3, 0.4) is 0 Å². The Morgan fingerprint density at radius 3 is 2.62 bits per heavy atom. The average Bonchev–Trinajstić information content (AvgIpc) is 2.61. The maximum absolute atomic E-state index is 5.26. The third-order valence-corrected chi connectivity index (χ3v) is 3.98. The Hall–Kier alpha value is -3.08. The van der Waals surface area contributed by atoms with Crippen LogP contribution in [0.25, 0.3) is 0 Å². The average molecular weight is 348 g/mol. The molecule has 0 unspecified atom stereocenters. The molecular formula is C21H24N4O. The summed E-state index contributed by atoms with van der Waals surface area (Å²) in [5.74, 6) is 2.29. The molecule has 1 aromatic heterocycles. The van der Waals surface area contributed by atoms with E-state index in [-0.39, 0.29) is 0 Å². The number of benzene rings is 2. The number of nitrogens with zero attached hydrogens (tertiary/aromatic N) is 2. The molecule has 5 nitrogen and oxygen atoms in total. The summed E-state index contributed by atoms with van der Waals surface area (Å²) in [5, 5.41) is 6.65. The molecule has 26 heavy (non-hydrogen) atoms. The van der Waals surface area contributed by atoms with E-state index in [1.54, 1.807) is 7.11 Å². The Morgan fingerprint density at radius 1 is 0.962 bits per heavy atom. The molecule has 0 saturated carbocycles. The van der Waals surface area contributed by atoms with Crippen molar-refractivity contribution in [1.82, 2.24) is 9.97 Å². The van der Waals surface area contributed by atoms with Crippen molar-refractivity contribution in [2.75, 3.05) is 24.3 Å². The number of rotatable bonds is 7. The quantitative estimate of drug-likeness (QED) is 0.658. The minimum atomic E-state index is 0.628. The first-order valence-corrected chi connectivity index (χ1v) is 8.68. The summed E-state index contributed by atoms with van der Waals surface area (Å²) in [6.45, 7) is 4.79. The molecule has 0 aliphatic carbocycles. The van der Waals surface area contributed by atoms with E-state index in [9.17, 15) is 0 Å². The van der Waals surface area contributed by atoms with Crippen molar-refractivity contribution in [2.45, 2.75) is 20.3 Å². The van der Waals surface area contributed by atoms with Gasteiger partial charge in [-0.05, 0) is 55.7 Å². The number of nitrogens with one attached hydrogen (secondary N) is 2. The first-order chi connectivity index (χ1) is 12.6. The van der Waals surface area contributed by atoms with Gasteiger partial charge in [0.2, 0.25) is 5.95 Å². The van der Waals surface area contributed by atoms with E-state index in [0.717, 1.165) is 35.9 Å². The fraction of sp³-hybridized carbons (Fsp3) is 0.238. The van der Waals surface area contributed by atoms with Gasteiger partial charge in [-0.15, -0.1) is 0 Å². The van der Waals surface area contributed by atoms with Crippen molar-refractivity contribution in [2.24, 2.45) is 0 Å². The van der Waals surface area contributed by atoms with E-state index < -0.39 is 0 Å². The summed E-state index contributed by atoms with van der Waals surface area (Å²) in [6, 6.07) is 18.2. The van der Waals surface area contributed by atoms with Gasteiger partial charge >= 0.3 is 0 Å². The number of hydrogen-bond acceptors (Lipinski definition) is 5. The molecule has 134 valence electrons. The van der Waals surface area contributed by atoms with E-state index in [1.165, 1.54) is 11.1 Å². The third kappa shape index (κ3) is 4.96. The summed E-state index contributed by atoms with van der Waals surface area (Å²) in [6.07, 6.45) is 0.870. The molecular weight excluding hydrogens is 324 g/mol. The molecule has 0 aliphatic heterocycles. The van der Waals surface area contributed by atoms with Crippen molar-refractivity contribution < 1.29 is 4.74 Å². The third-order valence-electron chi connectivity index (χ3n) is 3.98. The van der Waals surface area contributed by atoms with Gasteiger partial charge in [0.05, 0.1) is 7.11 Å². The van der Waals surface area contributed by atoms with Crippen molar-refractivity contribution in [1.29, 1.82) is 0 Å². The highest BCUT2D eigenvalue weighted by molar-refractivity contribution is 5.58. The second-order valence-electron chi connectivity index (χ2n) is 6.24. The zero-order valence-electron chi connectivity index (χ0n) is 15.4. The summed E-state index contributed by atoms with van der Waals surface area (Å²) in [7, 11) is 1.68. The van der Waals surface area contributed by atoms with Crippen LogP contribution in [0.1, 0.15) is 16.8 Å². The van der Waals surface area contributed by atoms with Gasteiger partial charge in [-0.3, -0.25) is 0 Å². The van der Waals surface area contributed by atoms with Crippen LogP contribution >= 0.6 is 0 Å². The number of aromatic nitrogens is 2. The highest BCUT2D eigenvalue weighted by Crippen LogP contribution is 2.18. The Labute approximate surface area is 154 Å². The maximum atomic E-state index is 5.26. The van der Waals surface area contributed by atoms with Crippen LogP contribution in [0.5, 0.6) is 5.75 Å². The molecule has 0 saturated heterocycles. The Kier molecular flexibility index (Phi) is 5.69. The Balaban J connectivity index is 1.63. The van der Waals surface area contributed by atoms with Crippen LogP contribution in [-0.4, -0.2) is 23.6 Å². The lowest BCUT2D eigenvalue weighted by Gasteiger charge is -2.11. The topological polar surface area (TPSA) is 59.1 Å². The van der Waals surface area contributed by atoms with E-state index in [1.807, 2.05) is 43.3 Å². The summed E-state index contributed by atoms with van der Waals surface area (Å²) in [4.78, 5) is 9.04. The molecule has 2 aromatic carbocycles. The zero-order valence-corrected chi connectivity index (χ0v) is 15.4. The smallest absolute Gasteiger partial charge is 0.224 e. The van der Waals surface area contributed by atoms with Crippen LogP contribution in [-0.2, 0) is 6.42 Å². The zero-order chi connectivity index (χ0) is 18.4.